The second-order valence-electron chi connectivity index (χ2n) is 1.46. The third kappa shape index (κ3) is 4.91. The molecule has 0 aromatic rings. The molecule has 0 bridgehead atoms. The van der Waals surface area contributed by atoms with Crippen LogP contribution in [0.2, 0.25) is 0 Å². The monoisotopic (exact) mass is 166 g/mol. The molecule has 62 valence electrons. The minimum Gasteiger partial charge on any atom is -0.443 e. The molecule has 1 amide bonds. The fourth-order valence-corrected chi connectivity index (χ4v) is 0.252. The number of hydrogen-bond donors (Lipinski definition) is 1. The summed E-state index contributed by atoms with van der Waals surface area (Å²) in [5, 5.41) is 2.04. The Hall–Kier alpha value is -1.56. The lowest BCUT2D eigenvalue weighted by Crippen LogP contribution is -2.25. The predicted molar refractivity (Wildman–Crippen MR) is 29.6 cm³/mol. The summed E-state index contributed by atoms with van der Waals surface area (Å²) < 4.78 is 27.7. The van der Waals surface area contributed by atoms with E-state index in [1.54, 1.807) is 0 Å². The molecule has 2 N–H and O–H groups in total. The average molecular weight is 166 g/mol. The number of carbonyl (C=O) groups excluding carboxylic acids is 1. The number of azide groups is 1. The van der Waals surface area contributed by atoms with Crippen molar-refractivity contribution >= 4 is 6.09 Å². The summed E-state index contributed by atoms with van der Waals surface area (Å²) in [4.78, 5) is 11.6. The second kappa shape index (κ2) is 3.57. The standard InChI is InChI=1S/C3H4F2N4O2/c4-3(5,8-9-7)1-11-2(6)10/h1H2,(H2,6,10). The van der Waals surface area contributed by atoms with Crippen molar-refractivity contribution in [3.63, 3.8) is 0 Å². The van der Waals surface area contributed by atoms with E-state index in [1.165, 1.54) is 0 Å². The SMILES string of the molecule is [N-]=[N+]=NC(F)(F)COC(N)=O. The normalized spacial score (nSPS) is 10.0. The van der Waals surface area contributed by atoms with Crippen molar-refractivity contribution in [2.75, 3.05) is 6.61 Å². The average Bonchev–Trinajstić information content (AvgIpc) is 1.84. The van der Waals surface area contributed by atoms with E-state index in [1.807, 2.05) is 10.0 Å². The maximum Gasteiger partial charge on any atom is 0.404 e. The van der Waals surface area contributed by atoms with Gasteiger partial charge in [0.1, 0.15) is 0 Å². The molecule has 0 unspecified atom stereocenters. The van der Waals surface area contributed by atoms with Crippen LogP contribution in [-0.2, 0) is 4.74 Å². The molecule has 0 aromatic heterocycles. The van der Waals surface area contributed by atoms with Gasteiger partial charge < -0.3 is 10.5 Å². The highest BCUT2D eigenvalue weighted by molar-refractivity contribution is 5.64. The topological polar surface area (TPSA) is 101 Å². The van der Waals surface area contributed by atoms with Gasteiger partial charge in [0.15, 0.2) is 6.61 Å². The van der Waals surface area contributed by atoms with Gasteiger partial charge in [-0.05, 0) is 10.6 Å². The number of nitrogens with zero attached hydrogens (tertiary/aromatic N) is 3. The highest BCUT2D eigenvalue weighted by atomic mass is 19.3. The fraction of sp³-hybridized carbons (Fsp3) is 0.667. The lowest BCUT2D eigenvalue weighted by Gasteiger charge is -2.07. The number of hydrogen-bond acceptors (Lipinski definition) is 3. The maximum absolute atomic E-state index is 12.0. The van der Waals surface area contributed by atoms with Gasteiger partial charge in [0.05, 0.1) is 0 Å². The quantitative estimate of drug-likeness (QED) is 0.292. The first-order chi connectivity index (χ1) is 4.98. The Kier molecular flexibility index (Phi) is 3.06. The van der Waals surface area contributed by atoms with Crippen molar-refractivity contribution in [3.05, 3.63) is 10.4 Å². The molecule has 0 saturated heterocycles. The van der Waals surface area contributed by atoms with E-state index in [4.69, 9.17) is 5.53 Å². The smallest absolute Gasteiger partial charge is 0.404 e. The van der Waals surface area contributed by atoms with Crippen molar-refractivity contribution in [2.24, 2.45) is 10.8 Å². The first-order valence-corrected chi connectivity index (χ1v) is 2.34. The summed E-state index contributed by atoms with van der Waals surface area (Å²) in [5.41, 5.74) is 11.9. The highest BCUT2D eigenvalue weighted by Gasteiger charge is 2.28. The number of alkyl halides is 2. The van der Waals surface area contributed by atoms with Gasteiger partial charge in [-0.25, -0.2) is 4.79 Å². The number of ether oxygens (including phenoxy) is 1. The Balaban J connectivity index is 3.91. The minimum absolute atomic E-state index is 1.34. The zero-order valence-corrected chi connectivity index (χ0v) is 5.20. The Morgan fingerprint density at radius 1 is 1.82 bits per heavy atom. The molecular formula is C3H4F2N4O2. The first kappa shape index (κ1) is 9.44. The van der Waals surface area contributed by atoms with E-state index in [0.29, 0.717) is 0 Å². The summed E-state index contributed by atoms with van der Waals surface area (Å²) in [7, 11) is 0. The highest BCUT2D eigenvalue weighted by Crippen LogP contribution is 2.15. The number of halogens is 2. The van der Waals surface area contributed by atoms with Crippen LogP contribution in [0.1, 0.15) is 0 Å². The molecule has 0 atom stereocenters. The van der Waals surface area contributed by atoms with Crippen LogP contribution in [0.25, 0.3) is 10.4 Å². The number of primary amides is 1. The van der Waals surface area contributed by atoms with E-state index in [0.717, 1.165) is 0 Å². The zero-order valence-electron chi connectivity index (χ0n) is 5.20. The van der Waals surface area contributed by atoms with E-state index in [2.05, 4.69) is 10.5 Å². The number of nitrogens with two attached hydrogens (primary N) is 1. The molecule has 0 rings (SSSR count). The van der Waals surface area contributed by atoms with Gasteiger partial charge in [0.2, 0.25) is 0 Å². The van der Waals surface area contributed by atoms with Gasteiger partial charge in [-0.2, -0.15) is 8.78 Å². The zero-order chi connectivity index (χ0) is 8.91. The molecule has 0 heterocycles. The van der Waals surface area contributed by atoms with E-state index in [9.17, 15) is 13.6 Å². The Labute approximate surface area is 59.5 Å². The van der Waals surface area contributed by atoms with Crippen LogP contribution < -0.4 is 5.73 Å². The van der Waals surface area contributed by atoms with Crippen LogP contribution in [-0.4, -0.2) is 18.7 Å². The predicted octanol–water partition coefficient (Wildman–Crippen LogP) is 0.985. The molecule has 0 saturated carbocycles. The van der Waals surface area contributed by atoms with Crippen LogP contribution in [0.4, 0.5) is 13.6 Å². The first-order valence-electron chi connectivity index (χ1n) is 2.34. The van der Waals surface area contributed by atoms with Crippen LogP contribution in [0.15, 0.2) is 5.11 Å². The van der Waals surface area contributed by atoms with Gasteiger partial charge in [0, 0.05) is 4.91 Å². The maximum atomic E-state index is 12.0. The summed E-state index contributed by atoms with van der Waals surface area (Å²) in [6.07, 6.45) is -1.35. The lowest BCUT2D eigenvalue weighted by atomic mass is 10.6. The van der Waals surface area contributed by atoms with E-state index < -0.39 is 18.7 Å². The van der Waals surface area contributed by atoms with Crippen LogP contribution in [0.5, 0.6) is 0 Å². The molecule has 0 aromatic carbocycles. The number of carbonyl (C=O) groups is 1. The van der Waals surface area contributed by atoms with Gasteiger partial charge in [-0.3, -0.25) is 0 Å². The van der Waals surface area contributed by atoms with E-state index in [-0.39, 0.29) is 0 Å². The van der Waals surface area contributed by atoms with E-state index >= 15 is 0 Å². The molecule has 8 heteroatoms. The Morgan fingerprint density at radius 2 is 2.36 bits per heavy atom. The Bertz CT molecular complexity index is 200. The van der Waals surface area contributed by atoms with Gasteiger partial charge >= 0.3 is 12.1 Å². The van der Waals surface area contributed by atoms with Gasteiger partial charge in [-0.15, -0.1) is 0 Å². The Morgan fingerprint density at radius 3 is 2.73 bits per heavy atom. The molecule has 0 radical (unpaired) electrons. The third-order valence-electron chi connectivity index (χ3n) is 0.579. The molecule has 0 fully saturated rings. The molecule has 0 aliphatic rings. The molecule has 11 heavy (non-hydrogen) atoms. The molecular weight excluding hydrogens is 162 g/mol. The largest absolute Gasteiger partial charge is 0.443 e. The van der Waals surface area contributed by atoms with Gasteiger partial charge in [-0.1, -0.05) is 0 Å². The summed E-state index contributed by atoms with van der Waals surface area (Å²) >= 11 is 0. The van der Waals surface area contributed by atoms with Crippen molar-refractivity contribution in [1.29, 1.82) is 0 Å². The van der Waals surface area contributed by atoms with Crippen molar-refractivity contribution in [1.82, 2.24) is 0 Å². The van der Waals surface area contributed by atoms with Crippen LogP contribution >= 0.6 is 0 Å². The molecule has 0 aliphatic carbocycles. The third-order valence-corrected chi connectivity index (χ3v) is 0.579. The van der Waals surface area contributed by atoms with Crippen LogP contribution in [0.3, 0.4) is 0 Å². The molecule has 6 nitrogen and oxygen atoms in total. The van der Waals surface area contributed by atoms with Crippen molar-refractivity contribution < 1.29 is 18.3 Å². The van der Waals surface area contributed by atoms with Gasteiger partial charge in [0.25, 0.3) is 0 Å². The number of rotatable bonds is 3. The summed E-state index contributed by atoms with van der Waals surface area (Å²) in [5.74, 6) is 0. The van der Waals surface area contributed by atoms with Crippen LogP contribution in [0, 0.1) is 0 Å². The number of amides is 1. The molecule has 0 spiro atoms. The fourth-order valence-electron chi connectivity index (χ4n) is 0.252. The van der Waals surface area contributed by atoms with Crippen molar-refractivity contribution in [2.45, 2.75) is 6.05 Å². The summed E-state index contributed by atoms with van der Waals surface area (Å²) in [6, 6.07) is -3.73. The second-order valence-corrected chi connectivity index (χ2v) is 1.46. The summed E-state index contributed by atoms with van der Waals surface area (Å²) in [6.45, 7) is -1.34. The lowest BCUT2D eigenvalue weighted by molar-refractivity contribution is -0.0469. The molecule has 0 aliphatic heterocycles. The van der Waals surface area contributed by atoms with Crippen molar-refractivity contribution in [3.8, 4) is 0 Å². The minimum atomic E-state index is -3.73.